The van der Waals surface area contributed by atoms with E-state index in [1.54, 1.807) is 18.4 Å². The highest BCUT2D eigenvalue weighted by Gasteiger charge is 2.23. The van der Waals surface area contributed by atoms with E-state index in [0.29, 0.717) is 10.6 Å². The molecule has 0 aliphatic carbocycles. The number of rotatable bonds is 5. The highest BCUT2D eigenvalue weighted by Crippen LogP contribution is 2.36. The molecule has 0 radical (unpaired) electrons. The van der Waals surface area contributed by atoms with Crippen molar-refractivity contribution in [2.45, 2.75) is 13.8 Å². The number of amides is 1. The maximum Gasteiger partial charge on any atom is 0.341 e. The Kier molecular flexibility index (Phi) is 5.66. The maximum absolute atomic E-state index is 13.9. The summed E-state index contributed by atoms with van der Waals surface area (Å²) in [7, 11) is 0. The van der Waals surface area contributed by atoms with E-state index < -0.39 is 17.7 Å². The van der Waals surface area contributed by atoms with E-state index in [1.165, 1.54) is 29.5 Å². The Morgan fingerprint density at radius 3 is 2.48 bits per heavy atom. The molecular formula is C21H18FNO3S. The first-order chi connectivity index (χ1) is 13.0. The van der Waals surface area contributed by atoms with Gasteiger partial charge < -0.3 is 10.1 Å². The zero-order chi connectivity index (χ0) is 19.4. The molecule has 0 saturated carbocycles. The van der Waals surface area contributed by atoms with Crippen LogP contribution in [0.2, 0.25) is 0 Å². The third kappa shape index (κ3) is 4.06. The van der Waals surface area contributed by atoms with E-state index in [1.807, 2.05) is 31.2 Å². The van der Waals surface area contributed by atoms with E-state index in [-0.39, 0.29) is 17.7 Å². The van der Waals surface area contributed by atoms with E-state index >= 15 is 0 Å². The molecule has 1 heterocycles. The number of carbonyl (C=O) groups is 2. The van der Waals surface area contributed by atoms with Crippen molar-refractivity contribution in [2.75, 3.05) is 11.9 Å². The molecule has 0 aliphatic heterocycles. The van der Waals surface area contributed by atoms with Crippen molar-refractivity contribution in [2.24, 2.45) is 0 Å². The monoisotopic (exact) mass is 383 g/mol. The fourth-order valence-electron chi connectivity index (χ4n) is 2.62. The molecule has 0 unspecified atom stereocenters. The predicted molar refractivity (Wildman–Crippen MR) is 105 cm³/mol. The minimum Gasteiger partial charge on any atom is -0.462 e. The van der Waals surface area contributed by atoms with Gasteiger partial charge in [0.15, 0.2) is 0 Å². The van der Waals surface area contributed by atoms with Crippen molar-refractivity contribution in [1.29, 1.82) is 0 Å². The van der Waals surface area contributed by atoms with Gasteiger partial charge in [-0.1, -0.05) is 42.0 Å². The van der Waals surface area contributed by atoms with Gasteiger partial charge in [0.05, 0.1) is 12.2 Å². The molecule has 0 aliphatic rings. The number of anilines is 1. The topological polar surface area (TPSA) is 55.4 Å². The minimum atomic E-state index is -0.622. The number of thiophene rings is 1. The summed E-state index contributed by atoms with van der Waals surface area (Å²) in [6, 6.07) is 13.4. The van der Waals surface area contributed by atoms with Crippen LogP contribution in [0.1, 0.15) is 33.2 Å². The summed E-state index contributed by atoms with van der Waals surface area (Å²) in [5.74, 6) is -1.77. The first kappa shape index (κ1) is 18.8. The summed E-state index contributed by atoms with van der Waals surface area (Å²) in [5, 5.41) is 4.76. The lowest BCUT2D eigenvalue weighted by atomic mass is 10.0. The molecule has 4 nitrogen and oxygen atoms in total. The molecule has 1 aromatic heterocycles. The highest BCUT2D eigenvalue weighted by molar-refractivity contribution is 7.15. The summed E-state index contributed by atoms with van der Waals surface area (Å²) in [6.45, 7) is 3.90. The van der Waals surface area contributed by atoms with E-state index in [0.717, 1.165) is 11.1 Å². The van der Waals surface area contributed by atoms with E-state index in [9.17, 15) is 14.0 Å². The molecule has 138 valence electrons. The number of carbonyl (C=O) groups excluding carboxylic acids is 2. The standard InChI is InChI=1S/C21H18FNO3S/c1-3-26-21(25)18-16(14-10-8-13(2)9-11-14)12-27-20(18)23-19(24)15-6-4-5-7-17(15)22/h4-12H,3H2,1-2H3,(H,23,24). The van der Waals surface area contributed by atoms with Crippen molar-refractivity contribution < 1.29 is 18.7 Å². The van der Waals surface area contributed by atoms with Crippen molar-refractivity contribution in [1.82, 2.24) is 0 Å². The third-order valence-corrected chi connectivity index (χ3v) is 4.87. The zero-order valence-corrected chi connectivity index (χ0v) is 15.7. The largest absolute Gasteiger partial charge is 0.462 e. The number of nitrogens with one attached hydrogen (secondary N) is 1. The summed E-state index contributed by atoms with van der Waals surface area (Å²) in [4.78, 5) is 25.0. The number of aryl methyl sites for hydroxylation is 1. The second-order valence-electron chi connectivity index (χ2n) is 5.87. The summed E-state index contributed by atoms with van der Waals surface area (Å²) in [5.41, 5.74) is 2.79. The van der Waals surface area contributed by atoms with Crippen LogP contribution in [-0.2, 0) is 4.74 Å². The summed E-state index contributed by atoms with van der Waals surface area (Å²) >= 11 is 1.20. The van der Waals surface area contributed by atoms with Crippen molar-refractivity contribution in [3.8, 4) is 11.1 Å². The van der Waals surface area contributed by atoms with Crippen LogP contribution < -0.4 is 5.32 Å². The second kappa shape index (κ2) is 8.14. The smallest absolute Gasteiger partial charge is 0.341 e. The lowest BCUT2D eigenvalue weighted by molar-refractivity contribution is 0.0529. The molecule has 3 aromatic rings. The van der Waals surface area contributed by atoms with Gasteiger partial charge in [0.1, 0.15) is 16.4 Å². The Morgan fingerprint density at radius 1 is 1.11 bits per heavy atom. The fourth-order valence-corrected chi connectivity index (χ4v) is 3.57. The van der Waals surface area contributed by atoms with Crippen LogP contribution in [0.15, 0.2) is 53.9 Å². The SMILES string of the molecule is CCOC(=O)c1c(-c2ccc(C)cc2)csc1NC(=O)c1ccccc1F. The van der Waals surface area contributed by atoms with Gasteiger partial charge in [-0.2, -0.15) is 0 Å². The molecule has 1 N–H and O–H groups in total. The van der Waals surface area contributed by atoms with Gasteiger partial charge in [-0.25, -0.2) is 9.18 Å². The minimum absolute atomic E-state index is 0.0856. The molecule has 3 rings (SSSR count). The van der Waals surface area contributed by atoms with Gasteiger partial charge in [0.25, 0.3) is 5.91 Å². The molecule has 0 atom stereocenters. The lowest BCUT2D eigenvalue weighted by Gasteiger charge is -2.09. The van der Waals surface area contributed by atoms with Crippen LogP contribution in [0.25, 0.3) is 11.1 Å². The van der Waals surface area contributed by atoms with Crippen LogP contribution in [0.3, 0.4) is 0 Å². The van der Waals surface area contributed by atoms with Crippen LogP contribution >= 0.6 is 11.3 Å². The van der Waals surface area contributed by atoms with Crippen LogP contribution in [0.4, 0.5) is 9.39 Å². The molecule has 0 spiro atoms. The van der Waals surface area contributed by atoms with E-state index in [4.69, 9.17) is 4.74 Å². The van der Waals surface area contributed by atoms with Gasteiger partial charge in [-0.15, -0.1) is 11.3 Å². The zero-order valence-electron chi connectivity index (χ0n) is 14.9. The van der Waals surface area contributed by atoms with Crippen molar-refractivity contribution in [3.05, 3.63) is 76.4 Å². The van der Waals surface area contributed by atoms with Crippen molar-refractivity contribution in [3.63, 3.8) is 0 Å². The normalized spacial score (nSPS) is 10.5. The second-order valence-corrected chi connectivity index (χ2v) is 6.75. The number of ether oxygens (including phenoxy) is 1. The maximum atomic E-state index is 13.9. The molecule has 27 heavy (non-hydrogen) atoms. The van der Waals surface area contributed by atoms with E-state index in [2.05, 4.69) is 5.32 Å². The van der Waals surface area contributed by atoms with Crippen LogP contribution in [-0.4, -0.2) is 18.5 Å². The Balaban J connectivity index is 2.00. The quantitative estimate of drug-likeness (QED) is 0.609. The Bertz CT molecular complexity index is 979. The average Bonchev–Trinajstić information content (AvgIpc) is 3.06. The first-order valence-corrected chi connectivity index (χ1v) is 9.30. The average molecular weight is 383 g/mol. The number of benzene rings is 2. The third-order valence-electron chi connectivity index (χ3n) is 3.98. The first-order valence-electron chi connectivity index (χ1n) is 8.42. The van der Waals surface area contributed by atoms with Gasteiger partial charge in [0, 0.05) is 10.9 Å². The Hall–Kier alpha value is -2.99. The lowest BCUT2D eigenvalue weighted by Crippen LogP contribution is -2.16. The van der Waals surface area contributed by atoms with Gasteiger partial charge in [0.2, 0.25) is 0 Å². The number of hydrogen-bond acceptors (Lipinski definition) is 4. The molecule has 0 fully saturated rings. The Labute approximate surface area is 160 Å². The number of hydrogen-bond donors (Lipinski definition) is 1. The summed E-state index contributed by atoms with van der Waals surface area (Å²) in [6.07, 6.45) is 0. The summed E-state index contributed by atoms with van der Waals surface area (Å²) < 4.78 is 19.0. The molecular weight excluding hydrogens is 365 g/mol. The van der Waals surface area contributed by atoms with Crippen LogP contribution in [0.5, 0.6) is 0 Å². The van der Waals surface area contributed by atoms with Gasteiger partial charge >= 0.3 is 5.97 Å². The highest BCUT2D eigenvalue weighted by atomic mass is 32.1. The number of esters is 1. The van der Waals surface area contributed by atoms with Crippen LogP contribution in [0, 0.1) is 12.7 Å². The molecule has 2 aromatic carbocycles. The molecule has 6 heteroatoms. The van der Waals surface area contributed by atoms with Gasteiger partial charge in [-0.05, 0) is 31.5 Å². The van der Waals surface area contributed by atoms with Crippen molar-refractivity contribution >= 4 is 28.2 Å². The fraction of sp³-hybridized carbons (Fsp3) is 0.143. The number of halogens is 1. The predicted octanol–water partition coefficient (Wildman–Crippen LogP) is 5.29. The molecule has 1 amide bonds. The van der Waals surface area contributed by atoms with Gasteiger partial charge in [-0.3, -0.25) is 4.79 Å². The molecule has 0 bridgehead atoms. The molecule has 0 saturated heterocycles. The Morgan fingerprint density at radius 2 is 1.81 bits per heavy atom.